The number of ether oxygens (including phenoxy) is 1. The summed E-state index contributed by atoms with van der Waals surface area (Å²) in [5, 5.41) is 0. The molecule has 0 aromatic heterocycles. The van der Waals surface area contributed by atoms with Gasteiger partial charge in [-0.15, -0.1) is 0 Å². The molecule has 0 unspecified atom stereocenters. The molecule has 142 valence electrons. The summed E-state index contributed by atoms with van der Waals surface area (Å²) in [5.41, 5.74) is 8.47. The first-order valence-corrected chi connectivity index (χ1v) is 11.1. The molecule has 1 aliphatic carbocycles. The van der Waals surface area contributed by atoms with Crippen LogP contribution in [0, 0.1) is 0 Å². The Kier molecular flexibility index (Phi) is 3.26. The summed E-state index contributed by atoms with van der Waals surface area (Å²) in [7, 11) is 0. The van der Waals surface area contributed by atoms with Gasteiger partial charge < -0.3 is 4.74 Å². The summed E-state index contributed by atoms with van der Waals surface area (Å²) in [6.07, 6.45) is 5.48. The third-order valence-corrected chi connectivity index (χ3v) is 7.64. The predicted octanol–water partition coefficient (Wildman–Crippen LogP) is 7.07. The molecule has 0 radical (unpaired) electrons. The highest BCUT2D eigenvalue weighted by atomic mass is 32.2. The van der Waals surface area contributed by atoms with Gasteiger partial charge in [-0.05, 0) is 59.0 Å². The zero-order valence-electron chi connectivity index (χ0n) is 16.3. The van der Waals surface area contributed by atoms with Gasteiger partial charge in [0.2, 0.25) is 0 Å². The van der Waals surface area contributed by atoms with E-state index in [-0.39, 0.29) is 0 Å². The Bertz CT molecular complexity index is 1340. The van der Waals surface area contributed by atoms with Crippen LogP contribution < -0.4 is 4.74 Å². The molecule has 1 spiro atoms. The van der Waals surface area contributed by atoms with Crippen molar-refractivity contribution in [1.29, 1.82) is 0 Å². The van der Waals surface area contributed by atoms with Crippen molar-refractivity contribution in [2.75, 3.05) is 0 Å². The molecule has 0 saturated heterocycles. The van der Waals surface area contributed by atoms with Crippen molar-refractivity contribution in [3.8, 4) is 16.9 Å². The minimum absolute atomic E-state index is 0.578. The fraction of sp³-hybridized carbons (Fsp3) is 0.0714. The maximum Gasteiger partial charge on any atom is 0.180 e. The van der Waals surface area contributed by atoms with Crippen LogP contribution in [0.3, 0.4) is 0 Å². The van der Waals surface area contributed by atoms with E-state index in [0.717, 1.165) is 17.7 Å². The average molecular weight is 403 g/mol. The quantitative estimate of drug-likeness (QED) is 0.274. The standard InChI is InChI=1S/C28H18OS/c1-2-8-21-18(7-1)15-20-17-25-19(16-22(20)21)13-14-28(29-25)23-9-3-5-11-26(23)30-27-12-6-4-10-24(27)28/h1-14,16-17H,15H2. The molecule has 2 heteroatoms. The molecule has 0 fully saturated rings. The molecule has 2 heterocycles. The molecule has 0 atom stereocenters. The van der Waals surface area contributed by atoms with Gasteiger partial charge in [0.15, 0.2) is 5.60 Å². The molecular weight excluding hydrogens is 384 g/mol. The van der Waals surface area contributed by atoms with Crippen LogP contribution in [0.25, 0.3) is 17.2 Å². The Morgan fingerprint density at radius 3 is 2.20 bits per heavy atom. The second kappa shape index (κ2) is 5.90. The number of benzene rings is 4. The van der Waals surface area contributed by atoms with E-state index in [0.29, 0.717) is 0 Å². The molecule has 0 saturated carbocycles. The van der Waals surface area contributed by atoms with E-state index < -0.39 is 5.60 Å². The third kappa shape index (κ3) is 2.15. The van der Waals surface area contributed by atoms with Crippen LogP contribution in [0.4, 0.5) is 0 Å². The first-order chi connectivity index (χ1) is 14.8. The molecule has 3 aliphatic rings. The van der Waals surface area contributed by atoms with Crippen molar-refractivity contribution >= 4 is 17.8 Å². The van der Waals surface area contributed by atoms with Crippen LogP contribution in [-0.4, -0.2) is 0 Å². The van der Waals surface area contributed by atoms with Gasteiger partial charge in [-0.2, -0.15) is 0 Å². The van der Waals surface area contributed by atoms with Gasteiger partial charge in [-0.1, -0.05) is 78.5 Å². The minimum atomic E-state index is -0.578. The summed E-state index contributed by atoms with van der Waals surface area (Å²) in [6, 6.07) is 30.5. The van der Waals surface area contributed by atoms with Crippen molar-refractivity contribution in [3.05, 3.63) is 119 Å². The van der Waals surface area contributed by atoms with E-state index >= 15 is 0 Å². The predicted molar refractivity (Wildman–Crippen MR) is 122 cm³/mol. The SMILES string of the molecule is C1=CC2(Oc3cc4c(cc31)-c1ccccc1C4)c1ccccc1Sc1ccccc12. The Morgan fingerprint density at radius 1 is 0.700 bits per heavy atom. The molecule has 30 heavy (non-hydrogen) atoms. The van der Waals surface area contributed by atoms with E-state index in [1.54, 1.807) is 0 Å². The highest BCUT2D eigenvalue weighted by molar-refractivity contribution is 7.99. The molecule has 7 rings (SSSR count). The van der Waals surface area contributed by atoms with E-state index in [2.05, 4.69) is 97.1 Å². The monoisotopic (exact) mass is 402 g/mol. The molecule has 1 nitrogen and oxygen atoms in total. The summed E-state index contributed by atoms with van der Waals surface area (Å²) < 4.78 is 6.94. The van der Waals surface area contributed by atoms with E-state index in [4.69, 9.17) is 4.74 Å². The normalized spacial score (nSPS) is 16.1. The summed E-state index contributed by atoms with van der Waals surface area (Å²) in [5.74, 6) is 0.973. The van der Waals surface area contributed by atoms with E-state index in [9.17, 15) is 0 Å². The van der Waals surface area contributed by atoms with E-state index in [1.165, 1.54) is 43.2 Å². The summed E-state index contributed by atoms with van der Waals surface area (Å²) >= 11 is 1.83. The summed E-state index contributed by atoms with van der Waals surface area (Å²) in [6.45, 7) is 0. The van der Waals surface area contributed by atoms with Crippen LogP contribution in [-0.2, 0) is 12.0 Å². The van der Waals surface area contributed by atoms with Gasteiger partial charge in [-0.25, -0.2) is 0 Å². The van der Waals surface area contributed by atoms with Crippen LogP contribution >= 0.6 is 11.8 Å². The summed E-state index contributed by atoms with van der Waals surface area (Å²) in [4.78, 5) is 2.52. The minimum Gasteiger partial charge on any atom is -0.473 e. The molecular formula is C28H18OS. The Labute approximate surface area is 180 Å². The lowest BCUT2D eigenvalue weighted by molar-refractivity contribution is 0.153. The van der Waals surface area contributed by atoms with Crippen molar-refractivity contribution < 1.29 is 4.74 Å². The highest BCUT2D eigenvalue weighted by Gasteiger charge is 2.43. The number of fused-ring (bicyclic) bond motifs is 8. The van der Waals surface area contributed by atoms with Crippen molar-refractivity contribution in [3.63, 3.8) is 0 Å². The highest BCUT2D eigenvalue weighted by Crippen LogP contribution is 2.53. The van der Waals surface area contributed by atoms with Gasteiger partial charge in [0.05, 0.1) is 0 Å². The smallest absolute Gasteiger partial charge is 0.180 e. The molecule has 0 bridgehead atoms. The topological polar surface area (TPSA) is 9.23 Å². The molecule has 0 amide bonds. The van der Waals surface area contributed by atoms with Gasteiger partial charge in [0.1, 0.15) is 5.75 Å². The fourth-order valence-corrected chi connectivity index (χ4v) is 6.28. The lowest BCUT2D eigenvalue weighted by atomic mass is 9.83. The van der Waals surface area contributed by atoms with Gasteiger partial charge in [0.25, 0.3) is 0 Å². The molecule has 2 aliphatic heterocycles. The first kappa shape index (κ1) is 16.6. The van der Waals surface area contributed by atoms with Crippen LogP contribution in [0.1, 0.15) is 27.8 Å². The zero-order chi connectivity index (χ0) is 19.7. The van der Waals surface area contributed by atoms with Crippen LogP contribution in [0.15, 0.2) is 101 Å². The number of hydrogen-bond acceptors (Lipinski definition) is 2. The molecule has 4 aromatic carbocycles. The molecule has 0 N–H and O–H groups in total. The van der Waals surface area contributed by atoms with E-state index in [1.807, 2.05) is 11.8 Å². The lowest BCUT2D eigenvalue weighted by Crippen LogP contribution is -2.36. The van der Waals surface area contributed by atoms with Crippen LogP contribution in [0.2, 0.25) is 0 Å². The fourth-order valence-electron chi connectivity index (χ4n) is 5.09. The maximum absolute atomic E-state index is 6.94. The Balaban J connectivity index is 1.43. The Morgan fingerprint density at radius 2 is 1.40 bits per heavy atom. The molecule has 4 aromatic rings. The lowest BCUT2D eigenvalue weighted by Gasteiger charge is -2.40. The van der Waals surface area contributed by atoms with Gasteiger partial charge in [-0.3, -0.25) is 0 Å². The number of hydrogen-bond donors (Lipinski definition) is 0. The van der Waals surface area contributed by atoms with Crippen molar-refractivity contribution in [2.24, 2.45) is 0 Å². The maximum atomic E-state index is 6.94. The average Bonchev–Trinajstić information content (AvgIpc) is 3.15. The van der Waals surface area contributed by atoms with Crippen molar-refractivity contribution in [1.82, 2.24) is 0 Å². The zero-order valence-corrected chi connectivity index (χ0v) is 17.1. The third-order valence-electron chi connectivity index (χ3n) is 6.49. The second-order valence-corrected chi connectivity index (χ2v) is 9.23. The van der Waals surface area contributed by atoms with Crippen molar-refractivity contribution in [2.45, 2.75) is 21.8 Å². The number of rotatable bonds is 0. The van der Waals surface area contributed by atoms with Gasteiger partial charge >= 0.3 is 0 Å². The second-order valence-electron chi connectivity index (χ2n) is 8.15. The van der Waals surface area contributed by atoms with Crippen LogP contribution in [0.5, 0.6) is 5.75 Å². The van der Waals surface area contributed by atoms with Gasteiger partial charge in [0, 0.05) is 26.5 Å². The largest absolute Gasteiger partial charge is 0.473 e. The Hall–Kier alpha value is -3.23. The first-order valence-electron chi connectivity index (χ1n) is 10.3.